The van der Waals surface area contributed by atoms with E-state index in [1.54, 1.807) is 48.5 Å². The van der Waals surface area contributed by atoms with E-state index in [-0.39, 0.29) is 17.0 Å². The number of nitrogens with zero attached hydrogens (tertiary/aromatic N) is 2. The molecule has 2 rings (SSSR count). The SMILES string of the molecule is CCOC(=O)c1ccc(N(Cc2ccncc2)C(=S)NC(C)=O)cc1. The van der Waals surface area contributed by atoms with E-state index >= 15 is 0 Å². The molecule has 0 bridgehead atoms. The van der Waals surface area contributed by atoms with Crippen LogP contribution < -0.4 is 10.2 Å². The Balaban J connectivity index is 2.26. The van der Waals surface area contributed by atoms with E-state index in [9.17, 15) is 9.59 Å². The number of benzene rings is 1. The van der Waals surface area contributed by atoms with Crippen molar-refractivity contribution in [3.05, 3.63) is 59.9 Å². The van der Waals surface area contributed by atoms with Crippen molar-refractivity contribution in [1.29, 1.82) is 0 Å². The molecule has 1 N–H and O–H groups in total. The summed E-state index contributed by atoms with van der Waals surface area (Å²) in [5, 5.41) is 2.92. The molecule has 0 aliphatic rings. The summed E-state index contributed by atoms with van der Waals surface area (Å²) in [6, 6.07) is 10.6. The number of thiocarbonyl (C=S) groups is 1. The fourth-order valence-corrected chi connectivity index (χ4v) is 2.47. The van der Waals surface area contributed by atoms with Gasteiger partial charge in [-0.25, -0.2) is 4.79 Å². The lowest BCUT2D eigenvalue weighted by Crippen LogP contribution is -2.41. The van der Waals surface area contributed by atoms with Crippen molar-refractivity contribution in [3.63, 3.8) is 0 Å². The first-order valence-corrected chi connectivity index (χ1v) is 8.17. The number of rotatable bonds is 5. The van der Waals surface area contributed by atoms with Crippen molar-refractivity contribution in [1.82, 2.24) is 10.3 Å². The summed E-state index contributed by atoms with van der Waals surface area (Å²) in [5.41, 5.74) is 2.20. The van der Waals surface area contributed by atoms with Gasteiger partial charge in [0, 0.05) is 25.0 Å². The predicted octanol–water partition coefficient (Wildman–Crippen LogP) is 2.69. The van der Waals surface area contributed by atoms with E-state index in [0.717, 1.165) is 11.3 Å². The van der Waals surface area contributed by atoms with E-state index in [0.29, 0.717) is 18.7 Å². The summed E-state index contributed by atoms with van der Waals surface area (Å²) in [4.78, 5) is 28.9. The van der Waals surface area contributed by atoms with Crippen LogP contribution in [0.2, 0.25) is 0 Å². The number of esters is 1. The van der Waals surface area contributed by atoms with E-state index in [1.807, 2.05) is 12.1 Å². The Bertz CT molecular complexity index is 748. The number of hydrogen-bond acceptors (Lipinski definition) is 5. The molecule has 1 amide bonds. The molecule has 1 aromatic heterocycles. The third-order valence-electron chi connectivity index (χ3n) is 3.31. The molecule has 1 heterocycles. The highest BCUT2D eigenvalue weighted by molar-refractivity contribution is 7.80. The lowest BCUT2D eigenvalue weighted by atomic mass is 10.2. The maximum Gasteiger partial charge on any atom is 0.338 e. The predicted molar refractivity (Wildman–Crippen MR) is 99.2 cm³/mol. The molecule has 0 saturated heterocycles. The van der Waals surface area contributed by atoms with Gasteiger partial charge in [0.15, 0.2) is 5.11 Å². The van der Waals surface area contributed by atoms with Gasteiger partial charge >= 0.3 is 5.97 Å². The molecule has 0 radical (unpaired) electrons. The lowest BCUT2D eigenvalue weighted by Gasteiger charge is -2.25. The minimum absolute atomic E-state index is 0.243. The summed E-state index contributed by atoms with van der Waals surface area (Å²) in [5.74, 6) is -0.618. The largest absolute Gasteiger partial charge is 0.462 e. The molecule has 25 heavy (non-hydrogen) atoms. The Morgan fingerprint density at radius 2 is 1.80 bits per heavy atom. The fourth-order valence-electron chi connectivity index (χ4n) is 2.16. The van der Waals surface area contributed by atoms with Crippen LogP contribution in [0.3, 0.4) is 0 Å². The summed E-state index contributed by atoms with van der Waals surface area (Å²) < 4.78 is 4.98. The van der Waals surface area contributed by atoms with E-state index in [2.05, 4.69) is 10.3 Å². The molecule has 7 heteroatoms. The highest BCUT2D eigenvalue weighted by Crippen LogP contribution is 2.19. The monoisotopic (exact) mass is 357 g/mol. The van der Waals surface area contributed by atoms with Crippen LogP contribution in [0.5, 0.6) is 0 Å². The van der Waals surface area contributed by atoms with Gasteiger partial charge in [-0.2, -0.15) is 0 Å². The number of hydrogen-bond donors (Lipinski definition) is 1. The smallest absolute Gasteiger partial charge is 0.338 e. The maximum atomic E-state index is 11.8. The van der Waals surface area contributed by atoms with Gasteiger partial charge in [0.2, 0.25) is 5.91 Å². The van der Waals surface area contributed by atoms with Crippen molar-refractivity contribution in [2.75, 3.05) is 11.5 Å². The van der Waals surface area contributed by atoms with Gasteiger partial charge in [0.1, 0.15) is 0 Å². The van der Waals surface area contributed by atoms with Crippen LogP contribution in [0.1, 0.15) is 29.8 Å². The number of aromatic nitrogens is 1. The van der Waals surface area contributed by atoms with E-state index in [4.69, 9.17) is 17.0 Å². The highest BCUT2D eigenvalue weighted by Gasteiger charge is 2.15. The Labute approximate surface area is 151 Å². The third-order valence-corrected chi connectivity index (χ3v) is 3.63. The Hall–Kier alpha value is -2.80. The number of anilines is 1. The average molecular weight is 357 g/mol. The Morgan fingerprint density at radius 1 is 1.16 bits per heavy atom. The van der Waals surface area contributed by atoms with Crippen LogP contribution >= 0.6 is 12.2 Å². The van der Waals surface area contributed by atoms with Crippen molar-refractivity contribution < 1.29 is 14.3 Å². The Morgan fingerprint density at radius 3 is 2.36 bits per heavy atom. The summed E-state index contributed by atoms with van der Waals surface area (Å²) in [6.45, 7) is 3.94. The molecule has 6 nitrogen and oxygen atoms in total. The fraction of sp³-hybridized carbons (Fsp3) is 0.222. The molecule has 0 aliphatic heterocycles. The van der Waals surface area contributed by atoms with E-state index < -0.39 is 0 Å². The minimum Gasteiger partial charge on any atom is -0.462 e. The first-order valence-electron chi connectivity index (χ1n) is 7.76. The second-order valence-corrected chi connectivity index (χ2v) is 5.58. The molecule has 0 spiro atoms. The van der Waals surface area contributed by atoms with Gasteiger partial charge in [0.05, 0.1) is 18.7 Å². The number of carbonyl (C=O) groups excluding carboxylic acids is 2. The van der Waals surface area contributed by atoms with Crippen molar-refractivity contribution in [3.8, 4) is 0 Å². The van der Waals surface area contributed by atoms with E-state index in [1.165, 1.54) is 6.92 Å². The summed E-state index contributed by atoms with van der Waals surface area (Å²) >= 11 is 5.35. The first kappa shape index (κ1) is 18.5. The van der Waals surface area contributed by atoms with Crippen molar-refractivity contribution >= 4 is 34.9 Å². The number of ether oxygens (including phenoxy) is 1. The summed E-state index contributed by atoms with van der Waals surface area (Å²) in [6.07, 6.45) is 3.39. The number of carbonyl (C=O) groups is 2. The minimum atomic E-state index is -0.376. The zero-order chi connectivity index (χ0) is 18.2. The molecule has 2 aromatic rings. The van der Waals surface area contributed by atoms with Crippen LogP contribution in [-0.4, -0.2) is 28.6 Å². The lowest BCUT2D eigenvalue weighted by molar-refractivity contribution is -0.117. The molecule has 0 atom stereocenters. The van der Waals surface area contributed by atoms with Crippen LogP contribution in [0.25, 0.3) is 0 Å². The summed E-state index contributed by atoms with van der Waals surface area (Å²) in [7, 11) is 0. The van der Waals surface area contributed by atoms with Crippen LogP contribution in [0.15, 0.2) is 48.8 Å². The van der Waals surface area contributed by atoms with Gasteiger partial charge in [-0.1, -0.05) is 0 Å². The first-order chi connectivity index (χ1) is 12.0. The number of amides is 1. The van der Waals surface area contributed by atoms with Gasteiger partial charge < -0.3 is 15.0 Å². The molecule has 130 valence electrons. The Kier molecular flexibility index (Phi) is 6.59. The quantitative estimate of drug-likeness (QED) is 0.655. The van der Waals surface area contributed by atoms with Gasteiger partial charge in [-0.3, -0.25) is 9.78 Å². The zero-order valence-corrected chi connectivity index (χ0v) is 14.9. The molecule has 0 unspecified atom stereocenters. The zero-order valence-electron chi connectivity index (χ0n) is 14.1. The van der Waals surface area contributed by atoms with Gasteiger partial charge in [-0.05, 0) is 61.1 Å². The maximum absolute atomic E-state index is 11.8. The molecule has 1 aromatic carbocycles. The third kappa shape index (κ3) is 5.36. The highest BCUT2D eigenvalue weighted by atomic mass is 32.1. The van der Waals surface area contributed by atoms with Gasteiger partial charge in [-0.15, -0.1) is 0 Å². The van der Waals surface area contributed by atoms with Gasteiger partial charge in [0.25, 0.3) is 0 Å². The van der Waals surface area contributed by atoms with Crippen molar-refractivity contribution in [2.45, 2.75) is 20.4 Å². The topological polar surface area (TPSA) is 71.5 Å². The molecular weight excluding hydrogens is 338 g/mol. The standard InChI is InChI=1S/C18H19N3O3S/c1-3-24-17(23)15-4-6-16(7-5-15)21(18(25)20-13(2)22)12-14-8-10-19-11-9-14/h4-11H,3,12H2,1-2H3,(H,20,22,25). The molecule has 0 saturated carbocycles. The second kappa shape index (κ2) is 8.89. The van der Waals surface area contributed by atoms with Crippen molar-refractivity contribution in [2.24, 2.45) is 0 Å². The van der Waals surface area contributed by atoms with Crippen LogP contribution in [-0.2, 0) is 16.1 Å². The molecular formula is C18H19N3O3S. The number of pyridine rings is 1. The van der Waals surface area contributed by atoms with Crippen LogP contribution in [0, 0.1) is 0 Å². The normalized spacial score (nSPS) is 10.0. The van der Waals surface area contributed by atoms with Crippen LogP contribution in [0.4, 0.5) is 5.69 Å². The molecule has 0 fully saturated rings. The average Bonchev–Trinajstić information content (AvgIpc) is 2.60. The molecule has 0 aliphatic carbocycles. The second-order valence-electron chi connectivity index (χ2n) is 5.20. The number of nitrogens with one attached hydrogen (secondary N) is 1.